The highest BCUT2D eigenvalue weighted by molar-refractivity contribution is 4.74. The van der Waals surface area contributed by atoms with E-state index in [4.69, 9.17) is 0 Å². The molecule has 4 rings (SSSR count). The van der Waals surface area contributed by atoms with Crippen molar-refractivity contribution in [2.24, 2.45) is 0 Å². The molecule has 0 aliphatic carbocycles. The highest BCUT2D eigenvalue weighted by Crippen LogP contribution is 2.14. The molecule has 4 aliphatic rings. The zero-order valence-electron chi connectivity index (χ0n) is 19.7. The number of nitrogens with zero attached hydrogens (tertiary/aromatic N) is 6. The second-order valence-electron chi connectivity index (χ2n) is 10.3. The minimum absolute atomic E-state index is 1.18. The quantitative estimate of drug-likeness (QED) is 0.479. The highest BCUT2D eigenvalue weighted by Gasteiger charge is 2.24. The molecule has 0 atom stereocenters. The van der Waals surface area contributed by atoms with Crippen molar-refractivity contribution in [3.8, 4) is 0 Å². The molecule has 174 valence electrons. The maximum atomic E-state index is 2.73. The number of likely N-dealkylation sites (tertiary alicyclic amines) is 3. The summed E-state index contributed by atoms with van der Waals surface area (Å²) in [4.78, 5) is 16.2. The zero-order valence-corrected chi connectivity index (χ0v) is 19.7. The van der Waals surface area contributed by atoms with Crippen molar-refractivity contribution in [3.63, 3.8) is 0 Å². The van der Waals surface area contributed by atoms with Crippen molar-refractivity contribution in [1.82, 2.24) is 29.4 Å². The first-order valence-corrected chi connectivity index (χ1v) is 13.2. The van der Waals surface area contributed by atoms with Gasteiger partial charge in [0.15, 0.2) is 0 Å². The second kappa shape index (κ2) is 12.7. The van der Waals surface area contributed by atoms with Gasteiger partial charge in [0.2, 0.25) is 0 Å². The topological polar surface area (TPSA) is 19.4 Å². The summed E-state index contributed by atoms with van der Waals surface area (Å²) in [6, 6.07) is 0. The molecule has 0 N–H and O–H groups in total. The third-order valence-electron chi connectivity index (χ3n) is 7.64. The highest BCUT2D eigenvalue weighted by atomic mass is 15.5. The van der Waals surface area contributed by atoms with Crippen LogP contribution in [0.4, 0.5) is 0 Å². The van der Waals surface area contributed by atoms with E-state index in [9.17, 15) is 0 Å². The van der Waals surface area contributed by atoms with Crippen LogP contribution in [0.2, 0.25) is 0 Å². The predicted molar refractivity (Wildman–Crippen MR) is 126 cm³/mol. The van der Waals surface area contributed by atoms with E-state index < -0.39 is 0 Å². The van der Waals surface area contributed by atoms with Crippen molar-refractivity contribution < 1.29 is 0 Å². The summed E-state index contributed by atoms with van der Waals surface area (Å²) in [5.41, 5.74) is 0. The van der Waals surface area contributed by atoms with Crippen LogP contribution >= 0.6 is 0 Å². The van der Waals surface area contributed by atoms with Gasteiger partial charge in [0, 0.05) is 19.6 Å². The Morgan fingerprint density at radius 3 is 0.800 bits per heavy atom. The van der Waals surface area contributed by atoms with E-state index >= 15 is 0 Å². The van der Waals surface area contributed by atoms with Crippen molar-refractivity contribution in [3.05, 3.63) is 0 Å². The summed E-state index contributed by atoms with van der Waals surface area (Å²) < 4.78 is 0. The van der Waals surface area contributed by atoms with Crippen LogP contribution in [0.5, 0.6) is 0 Å². The van der Waals surface area contributed by atoms with Gasteiger partial charge in [-0.05, 0) is 117 Å². The molecule has 0 radical (unpaired) electrons. The van der Waals surface area contributed by atoms with E-state index in [1.807, 2.05) is 0 Å². The largest absolute Gasteiger partial charge is 0.303 e. The number of rotatable bonds is 12. The third kappa shape index (κ3) is 7.72. The molecule has 4 aliphatic heterocycles. The standard InChI is InChI=1S/C24H48N6/c1-2-11-25(10-1)16-7-19-28-22-29(20-8-17-26-12-3-4-13-26)24-30(23-28)21-9-18-27-14-5-6-15-27/h1-24H2. The van der Waals surface area contributed by atoms with Gasteiger partial charge < -0.3 is 14.7 Å². The summed E-state index contributed by atoms with van der Waals surface area (Å²) in [6.45, 7) is 19.3. The van der Waals surface area contributed by atoms with Gasteiger partial charge in [-0.25, -0.2) is 0 Å². The van der Waals surface area contributed by atoms with Crippen LogP contribution in [0, 0.1) is 0 Å². The molecule has 0 aromatic rings. The van der Waals surface area contributed by atoms with Crippen molar-refractivity contribution in [2.75, 3.05) is 98.5 Å². The van der Waals surface area contributed by atoms with Gasteiger partial charge in [-0.2, -0.15) is 0 Å². The van der Waals surface area contributed by atoms with Crippen molar-refractivity contribution >= 4 is 0 Å². The molecule has 0 amide bonds. The zero-order chi connectivity index (χ0) is 20.4. The Balaban J connectivity index is 1.18. The fraction of sp³-hybridized carbons (Fsp3) is 1.00. The molecular formula is C24H48N6. The molecule has 0 aromatic carbocycles. The fourth-order valence-corrected chi connectivity index (χ4v) is 5.98. The molecule has 6 heteroatoms. The SMILES string of the molecule is C1CCN(CCCN2CN(CCCN3CCCC3)CN(CCCN3CCCC3)C2)C1. The van der Waals surface area contributed by atoms with Crippen LogP contribution in [0.25, 0.3) is 0 Å². The minimum Gasteiger partial charge on any atom is -0.303 e. The van der Waals surface area contributed by atoms with E-state index in [1.165, 1.54) is 156 Å². The molecule has 4 saturated heterocycles. The monoisotopic (exact) mass is 420 g/mol. The Hall–Kier alpha value is -0.240. The van der Waals surface area contributed by atoms with Crippen molar-refractivity contribution in [2.45, 2.75) is 57.8 Å². The van der Waals surface area contributed by atoms with Gasteiger partial charge in [-0.1, -0.05) is 0 Å². The smallest absolute Gasteiger partial charge is 0.0530 e. The normalized spacial score (nSPS) is 26.4. The van der Waals surface area contributed by atoms with Gasteiger partial charge >= 0.3 is 0 Å². The lowest BCUT2D eigenvalue weighted by molar-refractivity contribution is -0.0325. The van der Waals surface area contributed by atoms with Crippen LogP contribution in [-0.2, 0) is 0 Å². The first-order valence-electron chi connectivity index (χ1n) is 13.2. The average molecular weight is 421 g/mol. The summed E-state index contributed by atoms with van der Waals surface area (Å²) in [7, 11) is 0. The molecule has 0 spiro atoms. The van der Waals surface area contributed by atoms with E-state index in [0.29, 0.717) is 0 Å². The van der Waals surface area contributed by atoms with E-state index in [-0.39, 0.29) is 0 Å². The van der Waals surface area contributed by atoms with Crippen LogP contribution in [-0.4, -0.2) is 128 Å². The molecule has 30 heavy (non-hydrogen) atoms. The van der Waals surface area contributed by atoms with E-state index in [0.717, 1.165) is 0 Å². The lowest BCUT2D eigenvalue weighted by Gasteiger charge is -2.43. The molecule has 0 saturated carbocycles. The fourth-order valence-electron chi connectivity index (χ4n) is 5.98. The lowest BCUT2D eigenvalue weighted by Crippen LogP contribution is -2.55. The molecule has 6 nitrogen and oxygen atoms in total. The first kappa shape index (κ1) is 22.9. The van der Waals surface area contributed by atoms with Gasteiger partial charge in [0.05, 0.1) is 20.0 Å². The van der Waals surface area contributed by atoms with Gasteiger partial charge in [0.1, 0.15) is 0 Å². The van der Waals surface area contributed by atoms with Crippen LogP contribution in [0.15, 0.2) is 0 Å². The molecular weight excluding hydrogens is 372 g/mol. The summed E-state index contributed by atoms with van der Waals surface area (Å²) >= 11 is 0. The second-order valence-corrected chi connectivity index (χ2v) is 10.3. The number of hydrogen-bond acceptors (Lipinski definition) is 6. The van der Waals surface area contributed by atoms with Gasteiger partial charge in [-0.3, -0.25) is 14.7 Å². The maximum absolute atomic E-state index is 2.73. The lowest BCUT2D eigenvalue weighted by atomic mass is 10.3. The molecule has 0 unspecified atom stereocenters. The number of hydrogen-bond donors (Lipinski definition) is 0. The van der Waals surface area contributed by atoms with Crippen LogP contribution < -0.4 is 0 Å². The van der Waals surface area contributed by atoms with Gasteiger partial charge in [-0.15, -0.1) is 0 Å². The maximum Gasteiger partial charge on any atom is 0.0530 e. The predicted octanol–water partition coefficient (Wildman–Crippen LogP) is 2.24. The van der Waals surface area contributed by atoms with Crippen LogP contribution in [0.1, 0.15) is 57.8 Å². The molecule has 4 heterocycles. The Kier molecular flexibility index (Phi) is 9.72. The van der Waals surface area contributed by atoms with E-state index in [2.05, 4.69) is 29.4 Å². The van der Waals surface area contributed by atoms with E-state index in [1.54, 1.807) is 0 Å². The Morgan fingerprint density at radius 2 is 0.533 bits per heavy atom. The third-order valence-corrected chi connectivity index (χ3v) is 7.64. The Morgan fingerprint density at radius 1 is 0.300 bits per heavy atom. The summed E-state index contributed by atoms with van der Waals surface area (Å²) in [6.07, 6.45) is 12.5. The molecule has 0 aromatic heterocycles. The summed E-state index contributed by atoms with van der Waals surface area (Å²) in [5, 5.41) is 0. The van der Waals surface area contributed by atoms with Crippen molar-refractivity contribution in [1.29, 1.82) is 0 Å². The average Bonchev–Trinajstić information content (AvgIpc) is 3.52. The first-order chi connectivity index (χ1) is 14.8. The minimum atomic E-state index is 1.18. The Labute approximate surface area is 186 Å². The summed E-state index contributed by atoms with van der Waals surface area (Å²) in [5.74, 6) is 0. The van der Waals surface area contributed by atoms with Crippen LogP contribution in [0.3, 0.4) is 0 Å². The molecule has 4 fully saturated rings. The van der Waals surface area contributed by atoms with Gasteiger partial charge in [0.25, 0.3) is 0 Å². The Bertz CT molecular complexity index is 384. The molecule has 0 bridgehead atoms.